The van der Waals surface area contributed by atoms with Gasteiger partial charge in [0.15, 0.2) is 5.78 Å². The molecule has 1 aromatic carbocycles. The standard InChI is InChI=1S/C13H15BrFNO/c14-12-9-10(15)3-4-11(12)13(17)5-8-16-6-1-2-7-16/h3-4,9H,1-2,5-8H2. The van der Waals surface area contributed by atoms with Crippen molar-refractivity contribution in [3.63, 3.8) is 0 Å². The number of benzene rings is 1. The molecule has 4 heteroatoms. The van der Waals surface area contributed by atoms with Gasteiger partial charge in [0.25, 0.3) is 0 Å². The van der Waals surface area contributed by atoms with Gasteiger partial charge in [-0.3, -0.25) is 4.79 Å². The van der Waals surface area contributed by atoms with E-state index in [4.69, 9.17) is 0 Å². The van der Waals surface area contributed by atoms with Gasteiger partial charge >= 0.3 is 0 Å². The summed E-state index contributed by atoms with van der Waals surface area (Å²) in [5.41, 5.74) is 0.575. The van der Waals surface area contributed by atoms with Crippen molar-refractivity contribution >= 4 is 21.7 Å². The zero-order chi connectivity index (χ0) is 12.3. The molecule has 0 unspecified atom stereocenters. The second-order valence-corrected chi connectivity index (χ2v) is 5.20. The fourth-order valence-corrected chi connectivity index (χ4v) is 2.69. The molecule has 0 bridgehead atoms. The summed E-state index contributed by atoms with van der Waals surface area (Å²) in [4.78, 5) is 14.3. The first-order chi connectivity index (χ1) is 8.16. The first-order valence-corrected chi connectivity index (χ1v) is 6.67. The van der Waals surface area contributed by atoms with E-state index in [1.54, 1.807) is 6.07 Å². The van der Waals surface area contributed by atoms with Gasteiger partial charge in [0, 0.05) is 23.0 Å². The summed E-state index contributed by atoms with van der Waals surface area (Å²) in [5, 5.41) is 0. The smallest absolute Gasteiger partial charge is 0.165 e. The maximum absolute atomic E-state index is 12.9. The van der Waals surface area contributed by atoms with Crippen molar-refractivity contribution in [3.8, 4) is 0 Å². The van der Waals surface area contributed by atoms with Crippen LogP contribution in [0.4, 0.5) is 4.39 Å². The van der Waals surface area contributed by atoms with Gasteiger partial charge < -0.3 is 4.90 Å². The minimum atomic E-state index is -0.326. The summed E-state index contributed by atoms with van der Waals surface area (Å²) in [6.45, 7) is 3.00. The molecule has 0 spiro atoms. The highest BCUT2D eigenvalue weighted by Gasteiger charge is 2.15. The molecule has 1 aromatic rings. The van der Waals surface area contributed by atoms with Crippen molar-refractivity contribution in [2.24, 2.45) is 0 Å². The summed E-state index contributed by atoms with van der Waals surface area (Å²) < 4.78 is 13.4. The van der Waals surface area contributed by atoms with E-state index in [9.17, 15) is 9.18 Å². The van der Waals surface area contributed by atoms with Gasteiger partial charge in [0.2, 0.25) is 0 Å². The second-order valence-electron chi connectivity index (χ2n) is 4.35. The minimum Gasteiger partial charge on any atom is -0.303 e. The highest BCUT2D eigenvalue weighted by atomic mass is 79.9. The third kappa shape index (κ3) is 3.36. The van der Waals surface area contributed by atoms with Crippen LogP contribution in [-0.4, -0.2) is 30.3 Å². The van der Waals surface area contributed by atoms with Crippen LogP contribution < -0.4 is 0 Å². The Labute approximate surface area is 109 Å². The zero-order valence-corrected chi connectivity index (χ0v) is 11.2. The quantitative estimate of drug-likeness (QED) is 0.796. The summed E-state index contributed by atoms with van der Waals surface area (Å²) in [7, 11) is 0. The van der Waals surface area contributed by atoms with Crippen molar-refractivity contribution < 1.29 is 9.18 Å². The summed E-state index contributed by atoms with van der Waals surface area (Å²) in [6.07, 6.45) is 2.97. The highest BCUT2D eigenvalue weighted by Crippen LogP contribution is 2.20. The lowest BCUT2D eigenvalue weighted by atomic mass is 10.1. The minimum absolute atomic E-state index is 0.0729. The molecular formula is C13H15BrFNO. The monoisotopic (exact) mass is 299 g/mol. The molecule has 1 saturated heterocycles. The third-order valence-corrected chi connectivity index (χ3v) is 3.74. The molecule has 1 aliphatic rings. The molecule has 17 heavy (non-hydrogen) atoms. The topological polar surface area (TPSA) is 20.3 Å². The SMILES string of the molecule is O=C(CCN1CCCC1)c1ccc(F)cc1Br. The predicted octanol–water partition coefficient (Wildman–Crippen LogP) is 3.26. The Morgan fingerprint density at radius 2 is 2.06 bits per heavy atom. The van der Waals surface area contributed by atoms with Gasteiger partial charge in [-0.1, -0.05) is 0 Å². The zero-order valence-electron chi connectivity index (χ0n) is 9.59. The van der Waals surface area contributed by atoms with Crippen LogP contribution in [0, 0.1) is 5.82 Å². The molecule has 1 fully saturated rings. The van der Waals surface area contributed by atoms with E-state index >= 15 is 0 Å². The van der Waals surface area contributed by atoms with Crippen molar-refractivity contribution in [1.82, 2.24) is 4.90 Å². The predicted molar refractivity (Wildman–Crippen MR) is 68.7 cm³/mol. The number of halogens is 2. The average Bonchev–Trinajstić information content (AvgIpc) is 2.78. The molecule has 0 amide bonds. The van der Waals surface area contributed by atoms with Crippen LogP contribution in [0.1, 0.15) is 29.6 Å². The fourth-order valence-electron chi connectivity index (χ4n) is 2.12. The summed E-state index contributed by atoms with van der Waals surface area (Å²) in [5.74, 6) is -0.253. The number of carbonyl (C=O) groups is 1. The van der Waals surface area contributed by atoms with Crippen molar-refractivity contribution in [2.75, 3.05) is 19.6 Å². The van der Waals surface area contributed by atoms with E-state index in [0.29, 0.717) is 16.5 Å². The molecule has 0 aliphatic carbocycles. The molecule has 0 radical (unpaired) electrons. The van der Waals surface area contributed by atoms with E-state index in [-0.39, 0.29) is 11.6 Å². The number of hydrogen-bond acceptors (Lipinski definition) is 2. The maximum Gasteiger partial charge on any atom is 0.165 e. The van der Waals surface area contributed by atoms with Crippen LogP contribution in [0.2, 0.25) is 0 Å². The molecule has 0 atom stereocenters. The lowest BCUT2D eigenvalue weighted by Gasteiger charge is -2.13. The van der Waals surface area contributed by atoms with Gasteiger partial charge in [0.1, 0.15) is 5.82 Å². The number of hydrogen-bond donors (Lipinski definition) is 0. The van der Waals surface area contributed by atoms with Crippen LogP contribution in [-0.2, 0) is 0 Å². The molecule has 0 saturated carbocycles. The van der Waals surface area contributed by atoms with Gasteiger partial charge in [-0.15, -0.1) is 0 Å². The van der Waals surface area contributed by atoms with Gasteiger partial charge in [-0.25, -0.2) is 4.39 Å². The highest BCUT2D eigenvalue weighted by molar-refractivity contribution is 9.10. The number of likely N-dealkylation sites (tertiary alicyclic amines) is 1. The van der Waals surface area contributed by atoms with E-state index < -0.39 is 0 Å². The van der Waals surface area contributed by atoms with Gasteiger partial charge in [-0.05, 0) is 60.1 Å². The molecule has 1 heterocycles. The van der Waals surface area contributed by atoms with Crippen LogP contribution in [0.5, 0.6) is 0 Å². The summed E-state index contributed by atoms with van der Waals surface area (Å²) in [6, 6.07) is 4.21. The number of ketones is 1. The molecule has 0 aromatic heterocycles. The van der Waals surface area contributed by atoms with Crippen LogP contribution >= 0.6 is 15.9 Å². The van der Waals surface area contributed by atoms with Crippen LogP contribution in [0.25, 0.3) is 0 Å². The number of carbonyl (C=O) groups excluding carboxylic acids is 1. The van der Waals surface area contributed by atoms with Gasteiger partial charge in [-0.2, -0.15) is 0 Å². The third-order valence-electron chi connectivity index (χ3n) is 3.09. The van der Waals surface area contributed by atoms with Crippen molar-refractivity contribution in [1.29, 1.82) is 0 Å². The molecule has 2 nitrogen and oxygen atoms in total. The Morgan fingerprint density at radius 1 is 1.35 bits per heavy atom. The molecule has 0 N–H and O–H groups in total. The van der Waals surface area contributed by atoms with Crippen LogP contribution in [0.15, 0.2) is 22.7 Å². The van der Waals surface area contributed by atoms with Crippen molar-refractivity contribution in [2.45, 2.75) is 19.3 Å². The molecule has 2 rings (SSSR count). The average molecular weight is 300 g/mol. The Hall–Kier alpha value is -0.740. The van der Waals surface area contributed by atoms with Crippen LogP contribution in [0.3, 0.4) is 0 Å². The lowest BCUT2D eigenvalue weighted by molar-refractivity contribution is 0.0968. The number of Topliss-reactive ketones (excluding diaryl/α,β-unsaturated/α-hetero) is 1. The Morgan fingerprint density at radius 3 is 2.71 bits per heavy atom. The lowest BCUT2D eigenvalue weighted by Crippen LogP contribution is -2.22. The molecular weight excluding hydrogens is 285 g/mol. The molecule has 1 aliphatic heterocycles. The van der Waals surface area contributed by atoms with E-state index in [0.717, 1.165) is 19.6 Å². The number of rotatable bonds is 4. The first kappa shape index (κ1) is 12.7. The fraction of sp³-hybridized carbons (Fsp3) is 0.462. The Balaban J connectivity index is 1.94. The van der Waals surface area contributed by atoms with E-state index in [2.05, 4.69) is 20.8 Å². The first-order valence-electron chi connectivity index (χ1n) is 5.87. The maximum atomic E-state index is 12.9. The Bertz CT molecular complexity index is 416. The Kier molecular flexibility index (Phi) is 4.29. The van der Waals surface area contributed by atoms with E-state index in [1.165, 1.54) is 25.0 Å². The van der Waals surface area contributed by atoms with E-state index in [1.807, 2.05) is 0 Å². The molecule has 92 valence electrons. The largest absolute Gasteiger partial charge is 0.303 e. The van der Waals surface area contributed by atoms with Crippen molar-refractivity contribution in [3.05, 3.63) is 34.1 Å². The number of nitrogens with zero attached hydrogens (tertiary/aromatic N) is 1. The second kappa shape index (κ2) is 5.74. The normalized spacial score (nSPS) is 16.4. The van der Waals surface area contributed by atoms with Gasteiger partial charge in [0.05, 0.1) is 0 Å². The summed E-state index contributed by atoms with van der Waals surface area (Å²) >= 11 is 3.23.